The van der Waals surface area contributed by atoms with Crippen molar-refractivity contribution in [3.05, 3.63) is 47.7 Å². The average Bonchev–Trinajstić information content (AvgIpc) is 2.53. The number of nitrogens with zero attached hydrogens (tertiary/aromatic N) is 3. The molecule has 0 bridgehead atoms. The van der Waals surface area contributed by atoms with E-state index in [9.17, 15) is 0 Å². The molecule has 2 aromatic rings. The predicted molar refractivity (Wildman–Crippen MR) is 80.9 cm³/mol. The van der Waals surface area contributed by atoms with Gasteiger partial charge in [-0.05, 0) is 35.7 Å². The van der Waals surface area contributed by atoms with Crippen molar-refractivity contribution in [3.63, 3.8) is 0 Å². The summed E-state index contributed by atoms with van der Waals surface area (Å²) in [7, 11) is 1.65. The molecule has 0 aliphatic heterocycles. The van der Waals surface area contributed by atoms with Gasteiger partial charge in [-0.25, -0.2) is 0 Å². The fraction of sp³-hybridized carbons (Fsp3) is 0.312. The third kappa shape index (κ3) is 3.69. The minimum atomic E-state index is 0.109. The molecule has 0 aliphatic carbocycles. The Morgan fingerprint density at radius 2 is 1.81 bits per heavy atom. The van der Waals surface area contributed by atoms with Crippen LogP contribution < -0.4 is 10.1 Å². The Balaban J connectivity index is 2.19. The fourth-order valence-electron chi connectivity index (χ4n) is 2.07. The normalized spacial score (nSPS) is 11.8. The van der Waals surface area contributed by atoms with Crippen LogP contribution >= 0.6 is 0 Å². The van der Waals surface area contributed by atoms with Crippen molar-refractivity contribution >= 4 is 5.82 Å². The first-order valence-electron chi connectivity index (χ1n) is 6.78. The molecule has 1 aromatic heterocycles. The second-order valence-corrected chi connectivity index (χ2v) is 5.05. The maximum absolute atomic E-state index is 8.74. The summed E-state index contributed by atoms with van der Waals surface area (Å²) in [6.45, 7) is 4.28. The number of aromatic nitrogens is 2. The second-order valence-electron chi connectivity index (χ2n) is 5.05. The summed E-state index contributed by atoms with van der Waals surface area (Å²) in [5, 5.41) is 20.0. The Hall–Kier alpha value is -2.61. The molecule has 21 heavy (non-hydrogen) atoms. The van der Waals surface area contributed by atoms with E-state index < -0.39 is 0 Å². The molecule has 1 heterocycles. The molecule has 1 atom stereocenters. The van der Waals surface area contributed by atoms with Gasteiger partial charge in [0.2, 0.25) is 0 Å². The number of benzene rings is 1. The number of anilines is 1. The quantitative estimate of drug-likeness (QED) is 0.912. The van der Waals surface area contributed by atoms with Crippen LogP contribution in [0.1, 0.15) is 31.1 Å². The summed E-state index contributed by atoms with van der Waals surface area (Å²) in [5.41, 5.74) is 1.46. The second kappa shape index (κ2) is 6.71. The Kier molecular flexibility index (Phi) is 4.72. The van der Waals surface area contributed by atoms with E-state index in [0.29, 0.717) is 17.4 Å². The lowest BCUT2D eigenvalue weighted by atomic mass is 9.96. The predicted octanol–water partition coefficient (Wildman–Crippen LogP) is 3.17. The van der Waals surface area contributed by atoms with Gasteiger partial charge in [-0.1, -0.05) is 26.0 Å². The first-order chi connectivity index (χ1) is 10.1. The van der Waals surface area contributed by atoms with Crippen LogP contribution in [0, 0.1) is 17.2 Å². The van der Waals surface area contributed by atoms with E-state index in [1.807, 2.05) is 30.3 Å². The maximum Gasteiger partial charge on any atom is 0.163 e. The molecule has 0 saturated carbocycles. The van der Waals surface area contributed by atoms with Crippen LogP contribution in [-0.2, 0) is 0 Å². The largest absolute Gasteiger partial charge is 0.497 e. The first kappa shape index (κ1) is 14.8. The first-order valence-corrected chi connectivity index (χ1v) is 6.78. The van der Waals surface area contributed by atoms with E-state index in [0.717, 1.165) is 11.3 Å². The van der Waals surface area contributed by atoms with Crippen molar-refractivity contribution in [3.8, 4) is 11.8 Å². The molecule has 1 N–H and O–H groups in total. The van der Waals surface area contributed by atoms with Crippen LogP contribution in [-0.4, -0.2) is 17.3 Å². The Morgan fingerprint density at radius 3 is 2.29 bits per heavy atom. The van der Waals surface area contributed by atoms with E-state index >= 15 is 0 Å². The number of methoxy groups -OCH3 is 1. The summed E-state index contributed by atoms with van der Waals surface area (Å²) < 4.78 is 5.18. The number of nitrogens with one attached hydrogen (secondary N) is 1. The molecule has 108 valence electrons. The number of nitriles is 1. The molecule has 0 radical (unpaired) electrons. The topological polar surface area (TPSA) is 70.8 Å². The number of rotatable bonds is 5. The van der Waals surface area contributed by atoms with Gasteiger partial charge in [-0.15, -0.1) is 10.2 Å². The van der Waals surface area contributed by atoms with Gasteiger partial charge in [0.1, 0.15) is 17.6 Å². The van der Waals surface area contributed by atoms with Gasteiger partial charge in [-0.3, -0.25) is 0 Å². The molecule has 2 rings (SSSR count). The van der Waals surface area contributed by atoms with Crippen LogP contribution in [0.3, 0.4) is 0 Å². The zero-order valence-corrected chi connectivity index (χ0v) is 12.4. The van der Waals surface area contributed by atoms with Crippen molar-refractivity contribution < 1.29 is 4.74 Å². The summed E-state index contributed by atoms with van der Waals surface area (Å²) >= 11 is 0. The highest BCUT2D eigenvalue weighted by Crippen LogP contribution is 2.27. The SMILES string of the molecule is COc1ccc(C(Nc2ccc(C#N)nn2)C(C)C)cc1. The Bertz CT molecular complexity index is 614. The molecule has 1 unspecified atom stereocenters. The van der Waals surface area contributed by atoms with Crippen molar-refractivity contribution in [2.75, 3.05) is 12.4 Å². The third-order valence-corrected chi connectivity index (χ3v) is 3.22. The van der Waals surface area contributed by atoms with E-state index in [1.165, 1.54) is 0 Å². The highest BCUT2D eigenvalue weighted by Gasteiger charge is 2.16. The van der Waals surface area contributed by atoms with Crippen LogP contribution in [0.5, 0.6) is 5.75 Å². The summed E-state index contributed by atoms with van der Waals surface area (Å²) in [4.78, 5) is 0. The van der Waals surface area contributed by atoms with E-state index in [4.69, 9.17) is 10.00 Å². The minimum Gasteiger partial charge on any atom is -0.497 e. The van der Waals surface area contributed by atoms with Crippen LogP contribution in [0.4, 0.5) is 5.82 Å². The number of hydrogen-bond donors (Lipinski definition) is 1. The van der Waals surface area contributed by atoms with E-state index in [1.54, 1.807) is 19.2 Å². The Labute approximate surface area is 124 Å². The molecule has 0 fully saturated rings. The maximum atomic E-state index is 8.74. The molecular formula is C16H18N4O. The summed E-state index contributed by atoms with van der Waals surface area (Å²) in [6, 6.07) is 13.4. The van der Waals surface area contributed by atoms with Gasteiger partial charge in [0.05, 0.1) is 13.2 Å². The molecule has 1 aromatic carbocycles. The van der Waals surface area contributed by atoms with Crippen molar-refractivity contribution in [1.82, 2.24) is 10.2 Å². The lowest BCUT2D eigenvalue weighted by molar-refractivity contribution is 0.414. The smallest absolute Gasteiger partial charge is 0.163 e. The summed E-state index contributed by atoms with van der Waals surface area (Å²) in [6.07, 6.45) is 0. The third-order valence-electron chi connectivity index (χ3n) is 3.22. The van der Waals surface area contributed by atoms with Crippen molar-refractivity contribution in [2.24, 2.45) is 5.92 Å². The monoisotopic (exact) mass is 282 g/mol. The molecular weight excluding hydrogens is 264 g/mol. The van der Waals surface area contributed by atoms with Crippen LogP contribution in [0.2, 0.25) is 0 Å². The van der Waals surface area contributed by atoms with Crippen LogP contribution in [0.25, 0.3) is 0 Å². The highest BCUT2D eigenvalue weighted by atomic mass is 16.5. The van der Waals surface area contributed by atoms with Gasteiger partial charge >= 0.3 is 0 Å². The Morgan fingerprint density at radius 1 is 1.10 bits per heavy atom. The zero-order valence-electron chi connectivity index (χ0n) is 12.4. The van der Waals surface area contributed by atoms with Gasteiger partial charge in [0.25, 0.3) is 0 Å². The zero-order chi connectivity index (χ0) is 15.2. The number of ether oxygens (including phenoxy) is 1. The van der Waals surface area contributed by atoms with Gasteiger partial charge in [0.15, 0.2) is 5.69 Å². The van der Waals surface area contributed by atoms with Gasteiger partial charge < -0.3 is 10.1 Å². The standard InChI is InChI=1S/C16H18N4O/c1-11(2)16(12-4-7-14(21-3)8-5-12)18-15-9-6-13(10-17)19-20-15/h4-9,11,16H,1-3H3,(H,18,20). The van der Waals surface area contributed by atoms with Crippen molar-refractivity contribution in [1.29, 1.82) is 5.26 Å². The molecule has 0 saturated heterocycles. The molecule has 0 amide bonds. The molecule has 0 spiro atoms. The highest BCUT2D eigenvalue weighted by molar-refractivity contribution is 5.40. The molecule has 5 heteroatoms. The van der Waals surface area contributed by atoms with E-state index in [2.05, 4.69) is 29.4 Å². The lowest BCUT2D eigenvalue weighted by Gasteiger charge is -2.23. The van der Waals surface area contributed by atoms with E-state index in [-0.39, 0.29) is 6.04 Å². The lowest BCUT2D eigenvalue weighted by Crippen LogP contribution is -2.17. The molecule has 5 nitrogen and oxygen atoms in total. The summed E-state index contributed by atoms with van der Waals surface area (Å²) in [5.74, 6) is 1.86. The van der Waals surface area contributed by atoms with Gasteiger partial charge in [0, 0.05) is 0 Å². The van der Waals surface area contributed by atoms with Gasteiger partial charge in [-0.2, -0.15) is 5.26 Å². The minimum absolute atomic E-state index is 0.109. The number of hydrogen-bond acceptors (Lipinski definition) is 5. The van der Waals surface area contributed by atoms with Crippen LogP contribution in [0.15, 0.2) is 36.4 Å². The average molecular weight is 282 g/mol. The fourth-order valence-corrected chi connectivity index (χ4v) is 2.07. The molecule has 0 aliphatic rings. The van der Waals surface area contributed by atoms with Crippen molar-refractivity contribution in [2.45, 2.75) is 19.9 Å².